The Balaban J connectivity index is -0.000000205. The first-order valence-electron chi connectivity index (χ1n) is 29.2. The topological polar surface area (TPSA) is 0 Å². The Morgan fingerprint density at radius 2 is 0.719 bits per heavy atom. The maximum Gasteiger partial charge on any atom is -0.0360 e. The molecule has 1 atom stereocenters. The van der Waals surface area contributed by atoms with E-state index < -0.39 is 0 Å². The lowest BCUT2D eigenvalue weighted by atomic mass is 9.52. The molecule has 0 saturated heterocycles. The number of hydrogen-bond acceptors (Lipinski definition) is 0. The molecule has 0 aromatic carbocycles. The van der Waals surface area contributed by atoms with Gasteiger partial charge >= 0.3 is 0 Å². The highest BCUT2D eigenvalue weighted by Crippen LogP contribution is 2.56. The lowest BCUT2D eigenvalue weighted by molar-refractivity contribution is -0.0282. The Kier molecular flexibility index (Phi) is 49.1. The molecule has 6 saturated carbocycles. The van der Waals surface area contributed by atoms with E-state index in [1.165, 1.54) is 103 Å². The van der Waals surface area contributed by atoms with Gasteiger partial charge < -0.3 is 0 Å². The second-order valence-electron chi connectivity index (χ2n) is 27.9. The SMILES string of the molecule is CC(C)(C)C.CC(C)C.CC(C)C(C)(C)C.CC1C2CC3CC(C2)CC1C3.CC1CCCC1.CC1CCCCC1.CCC(C)(C)C.CCC(C)C.CCCC(C)C.CCCC(C)CC. The molecule has 4 bridgehead atoms. The van der Waals surface area contributed by atoms with Crippen molar-refractivity contribution in [1.82, 2.24) is 0 Å². The molecule has 6 aliphatic rings. The summed E-state index contributed by atoms with van der Waals surface area (Å²) >= 11 is 0. The van der Waals surface area contributed by atoms with Crippen LogP contribution in [-0.4, -0.2) is 0 Å². The van der Waals surface area contributed by atoms with Crippen LogP contribution in [-0.2, 0) is 0 Å². The zero-order chi connectivity index (χ0) is 51.3. The summed E-state index contributed by atoms with van der Waals surface area (Å²) in [6.45, 7) is 62.9. The van der Waals surface area contributed by atoms with Gasteiger partial charge in [-0.1, -0.05) is 297 Å². The van der Waals surface area contributed by atoms with Crippen molar-refractivity contribution < 1.29 is 0 Å². The summed E-state index contributed by atoms with van der Waals surface area (Å²) in [7, 11) is 0. The van der Waals surface area contributed by atoms with E-state index in [4.69, 9.17) is 0 Å². The Labute approximate surface area is 414 Å². The van der Waals surface area contributed by atoms with Crippen LogP contribution in [0.2, 0.25) is 0 Å². The van der Waals surface area contributed by atoms with Gasteiger partial charge in [-0.2, -0.15) is 0 Å². The number of hydrogen-bond donors (Lipinski definition) is 0. The molecule has 6 aliphatic carbocycles. The normalized spacial score (nSPS) is 22.8. The molecule has 1 unspecified atom stereocenters. The monoisotopic (exact) mass is 907 g/mol. The van der Waals surface area contributed by atoms with Gasteiger partial charge in [0.25, 0.3) is 0 Å². The first kappa shape index (κ1) is 73.0. The molecule has 0 amide bonds. The maximum absolute atomic E-state index is 2.51. The molecule has 6 rings (SSSR count). The van der Waals surface area contributed by atoms with Gasteiger partial charge in [-0.25, -0.2) is 0 Å². The van der Waals surface area contributed by atoms with Gasteiger partial charge in [-0.3, -0.25) is 0 Å². The highest BCUT2D eigenvalue weighted by molar-refractivity contribution is 4.96. The van der Waals surface area contributed by atoms with Crippen molar-refractivity contribution in [3.63, 3.8) is 0 Å². The third-order valence-electron chi connectivity index (χ3n) is 14.2. The fourth-order valence-corrected chi connectivity index (χ4v) is 7.91. The highest BCUT2D eigenvalue weighted by Gasteiger charge is 2.46. The van der Waals surface area contributed by atoms with Crippen LogP contribution in [0.1, 0.15) is 329 Å². The molecule has 0 aromatic heterocycles. The van der Waals surface area contributed by atoms with Crippen LogP contribution in [0.4, 0.5) is 0 Å². The summed E-state index contributed by atoms with van der Waals surface area (Å²) in [5.74, 6) is 12.1. The van der Waals surface area contributed by atoms with E-state index in [9.17, 15) is 0 Å². The summed E-state index contributed by atoms with van der Waals surface area (Å²) in [5, 5.41) is 0. The Bertz CT molecular complexity index is 844. The van der Waals surface area contributed by atoms with Crippen LogP contribution in [0.15, 0.2) is 0 Å². The van der Waals surface area contributed by atoms with Crippen LogP contribution < -0.4 is 0 Å². The van der Waals surface area contributed by atoms with Crippen LogP contribution in [0.3, 0.4) is 0 Å². The van der Waals surface area contributed by atoms with Crippen LogP contribution >= 0.6 is 0 Å². The van der Waals surface area contributed by atoms with Gasteiger partial charge in [0.2, 0.25) is 0 Å². The minimum atomic E-state index is 0.500. The first-order valence-corrected chi connectivity index (χ1v) is 29.2. The largest absolute Gasteiger partial charge is 0.0654 e. The van der Waals surface area contributed by atoms with Gasteiger partial charge in [0, 0.05) is 0 Å². The van der Waals surface area contributed by atoms with E-state index in [2.05, 4.69) is 194 Å². The van der Waals surface area contributed by atoms with Gasteiger partial charge in [0.05, 0.1) is 0 Å². The van der Waals surface area contributed by atoms with E-state index >= 15 is 0 Å². The average Bonchev–Trinajstić information content (AvgIpc) is 3.65. The van der Waals surface area contributed by atoms with Crippen molar-refractivity contribution >= 4 is 0 Å². The van der Waals surface area contributed by atoms with Gasteiger partial charge in [-0.15, -0.1) is 0 Å². The molecule has 0 N–H and O–H groups in total. The molecule has 0 heterocycles. The average molecular weight is 908 g/mol. The summed E-state index contributed by atoms with van der Waals surface area (Å²) in [6.07, 6.45) is 30.7. The molecule has 0 spiro atoms. The summed E-state index contributed by atoms with van der Waals surface area (Å²) in [6, 6.07) is 0. The van der Waals surface area contributed by atoms with Crippen molar-refractivity contribution in [3.8, 4) is 0 Å². The van der Waals surface area contributed by atoms with E-state index in [0.29, 0.717) is 16.2 Å². The van der Waals surface area contributed by atoms with E-state index in [1.54, 1.807) is 32.1 Å². The summed E-state index contributed by atoms with van der Waals surface area (Å²) in [4.78, 5) is 0. The smallest absolute Gasteiger partial charge is 0.0360 e. The molecular weight excluding hydrogens is 769 g/mol. The van der Waals surface area contributed by atoms with E-state index in [-0.39, 0.29) is 0 Å². The van der Waals surface area contributed by atoms with Crippen LogP contribution in [0.25, 0.3) is 0 Å². The van der Waals surface area contributed by atoms with Gasteiger partial charge in [-0.05, 0) is 119 Å². The third-order valence-corrected chi connectivity index (χ3v) is 14.2. The second kappa shape index (κ2) is 43.1. The molecule has 0 aromatic rings. The summed E-state index contributed by atoms with van der Waals surface area (Å²) in [5.41, 5.74) is 1.54. The molecule has 0 aliphatic heterocycles. The lowest BCUT2D eigenvalue weighted by Crippen LogP contribution is -2.43. The molecule has 394 valence electrons. The van der Waals surface area contributed by atoms with Gasteiger partial charge in [0.1, 0.15) is 0 Å². The molecule has 0 nitrogen and oxygen atoms in total. The first-order chi connectivity index (χ1) is 29.2. The Morgan fingerprint density at radius 3 is 0.844 bits per heavy atom. The van der Waals surface area contributed by atoms with Crippen molar-refractivity contribution in [2.24, 2.45) is 87.3 Å². The maximum atomic E-state index is 2.51. The van der Waals surface area contributed by atoms with E-state index in [0.717, 1.165) is 71.0 Å². The predicted octanol–water partition coefficient (Wildman–Crippen LogP) is 24.0. The molecular formula is C64H138. The fraction of sp³-hybridized carbons (Fsp3) is 1.00. The van der Waals surface area contributed by atoms with Crippen LogP contribution in [0, 0.1) is 87.3 Å². The zero-order valence-corrected chi connectivity index (χ0v) is 51.3. The van der Waals surface area contributed by atoms with Crippen molar-refractivity contribution in [1.29, 1.82) is 0 Å². The molecule has 0 radical (unpaired) electrons. The van der Waals surface area contributed by atoms with Gasteiger partial charge in [0.15, 0.2) is 0 Å². The second-order valence-corrected chi connectivity index (χ2v) is 27.9. The van der Waals surface area contributed by atoms with E-state index in [1.807, 2.05) is 0 Å². The molecule has 0 heteroatoms. The Morgan fingerprint density at radius 1 is 0.438 bits per heavy atom. The van der Waals surface area contributed by atoms with Crippen LogP contribution in [0.5, 0.6) is 0 Å². The minimum absolute atomic E-state index is 0.500. The fourth-order valence-electron chi connectivity index (χ4n) is 7.91. The third kappa shape index (κ3) is 60.0. The minimum Gasteiger partial charge on any atom is -0.0654 e. The standard InChI is InChI=1S/C11H18.C7H14.2C7H16.C6H12.2C6H14.2C5H12.C4H10/c1-7-10-3-8-2-9(5-10)6-11(7)4-8;1-7-5-3-2-4-6-7;1-6(2)7(3,4)5;1-4-6-7(3)5-2;1-6-4-2-3-5-6;1-5-6(2,3)4;1-4-5-6(2)3;1-5(2,3)4;1-4-5(2)3;1-4(2)3/h7-11H,2-6H2,1H3;7H,2-6H2,1H3;6H,1-5H3;7H,4-6H2,1-3H3;6H,2-5H2,1H3;5H2,1-4H3;6H,4-5H2,1-3H3;1-4H3;5H,4H2,1-3H3;4H,1-3H3. The van der Waals surface area contributed by atoms with Crippen molar-refractivity contribution in [3.05, 3.63) is 0 Å². The number of rotatable bonds is 6. The van der Waals surface area contributed by atoms with Crippen molar-refractivity contribution in [2.45, 2.75) is 329 Å². The molecule has 64 heavy (non-hydrogen) atoms. The van der Waals surface area contributed by atoms with Crippen molar-refractivity contribution in [2.75, 3.05) is 0 Å². The quantitative estimate of drug-likeness (QED) is 0.249. The Hall–Kier alpha value is 0. The molecule has 6 fully saturated rings. The lowest BCUT2D eigenvalue weighted by Gasteiger charge is -2.53. The highest BCUT2D eigenvalue weighted by atomic mass is 14.5. The zero-order valence-electron chi connectivity index (χ0n) is 51.3. The summed E-state index contributed by atoms with van der Waals surface area (Å²) < 4.78 is 0. The predicted molar refractivity (Wildman–Crippen MR) is 305 cm³/mol.